The van der Waals surface area contributed by atoms with Gasteiger partial charge in [-0.3, -0.25) is 9.59 Å². The summed E-state index contributed by atoms with van der Waals surface area (Å²) in [6.07, 6.45) is 0. The normalized spacial score (nSPS) is 15.2. The number of nitrogens with one attached hydrogen (secondary N) is 2. The predicted octanol–water partition coefficient (Wildman–Crippen LogP) is 0.801. The molecule has 0 bridgehead atoms. The second kappa shape index (κ2) is 6.29. The molecule has 2 rings (SSSR count). The maximum atomic E-state index is 12.9. The molecule has 5 nitrogen and oxygen atoms in total. The van der Waals surface area contributed by atoms with Gasteiger partial charge in [0.15, 0.2) is 0 Å². The Kier molecular flexibility index (Phi) is 4.70. The number of rotatable bonds is 1. The minimum atomic E-state index is -0.688. The van der Waals surface area contributed by atoms with Gasteiger partial charge in [-0.05, 0) is 40.8 Å². The summed E-state index contributed by atoms with van der Waals surface area (Å²) in [5, 5.41) is 5.61. The minimum absolute atomic E-state index is 0.379. The summed E-state index contributed by atoms with van der Waals surface area (Å²) >= 11 is 1.91. The molecule has 1 fully saturated rings. The number of piperazine rings is 1. The molecule has 1 aromatic carbocycles. The third-order valence-corrected chi connectivity index (χ3v) is 3.67. The lowest BCUT2D eigenvalue weighted by atomic mass is 10.3. The standard InChI is InChI=1S/C12H13FIN3O2/c13-8-1-2-10(9(14)7-8)16-11(18)12(19)17-5-3-15-4-6-17/h1-2,7,15H,3-6H2,(H,16,18). The number of amides is 2. The first-order valence-corrected chi connectivity index (χ1v) is 6.92. The zero-order chi connectivity index (χ0) is 13.8. The van der Waals surface area contributed by atoms with Crippen LogP contribution in [-0.4, -0.2) is 42.9 Å². The summed E-state index contributed by atoms with van der Waals surface area (Å²) in [5.74, 6) is -1.62. The van der Waals surface area contributed by atoms with Gasteiger partial charge in [-0.1, -0.05) is 0 Å². The Hall–Kier alpha value is -1.22. The highest BCUT2D eigenvalue weighted by molar-refractivity contribution is 14.1. The molecule has 0 aliphatic carbocycles. The van der Waals surface area contributed by atoms with Gasteiger partial charge in [0.05, 0.1) is 5.69 Å². The van der Waals surface area contributed by atoms with E-state index in [0.717, 1.165) is 0 Å². The van der Waals surface area contributed by atoms with E-state index in [1.54, 1.807) is 0 Å². The molecule has 19 heavy (non-hydrogen) atoms. The summed E-state index contributed by atoms with van der Waals surface area (Å²) in [5.41, 5.74) is 0.440. The largest absolute Gasteiger partial charge is 0.332 e. The monoisotopic (exact) mass is 377 g/mol. The summed E-state index contributed by atoms with van der Waals surface area (Å²) < 4.78 is 13.5. The Balaban J connectivity index is 2.01. The smallest absolute Gasteiger partial charge is 0.313 e. The van der Waals surface area contributed by atoms with Crippen LogP contribution in [0.5, 0.6) is 0 Å². The molecule has 2 amide bonds. The topological polar surface area (TPSA) is 61.4 Å². The lowest BCUT2D eigenvalue weighted by Crippen LogP contribution is -2.49. The number of hydrogen-bond acceptors (Lipinski definition) is 3. The van der Waals surface area contributed by atoms with Crippen molar-refractivity contribution in [1.82, 2.24) is 10.2 Å². The van der Waals surface area contributed by atoms with Crippen molar-refractivity contribution < 1.29 is 14.0 Å². The van der Waals surface area contributed by atoms with Crippen LogP contribution in [0.15, 0.2) is 18.2 Å². The summed E-state index contributed by atoms with van der Waals surface area (Å²) in [6, 6.07) is 3.98. The second-order valence-corrected chi connectivity index (χ2v) is 5.28. The van der Waals surface area contributed by atoms with E-state index in [9.17, 15) is 14.0 Å². The fourth-order valence-corrected chi connectivity index (χ4v) is 2.39. The number of nitrogens with zero attached hydrogens (tertiary/aromatic N) is 1. The van der Waals surface area contributed by atoms with E-state index in [4.69, 9.17) is 0 Å². The van der Waals surface area contributed by atoms with Crippen molar-refractivity contribution in [1.29, 1.82) is 0 Å². The van der Waals surface area contributed by atoms with Crippen LogP contribution in [0, 0.1) is 9.39 Å². The molecular formula is C12H13FIN3O2. The summed E-state index contributed by atoms with van der Waals surface area (Å²) in [6.45, 7) is 2.42. The molecule has 0 radical (unpaired) electrons. The molecule has 1 aromatic rings. The lowest BCUT2D eigenvalue weighted by Gasteiger charge is -2.26. The SMILES string of the molecule is O=C(Nc1ccc(F)cc1I)C(=O)N1CCNCC1. The van der Waals surface area contributed by atoms with Crippen LogP contribution in [-0.2, 0) is 9.59 Å². The maximum Gasteiger partial charge on any atom is 0.313 e. The number of anilines is 1. The van der Waals surface area contributed by atoms with Crippen molar-refractivity contribution in [2.24, 2.45) is 0 Å². The fraction of sp³-hybridized carbons (Fsp3) is 0.333. The van der Waals surface area contributed by atoms with Crippen molar-refractivity contribution in [2.75, 3.05) is 31.5 Å². The zero-order valence-corrected chi connectivity index (χ0v) is 12.2. The Labute approximate surface area is 123 Å². The molecule has 1 aliphatic rings. The average Bonchev–Trinajstić information content (AvgIpc) is 2.42. The Bertz CT molecular complexity index is 504. The van der Waals surface area contributed by atoms with Crippen molar-refractivity contribution in [3.8, 4) is 0 Å². The molecule has 0 atom stereocenters. The maximum absolute atomic E-state index is 12.9. The van der Waals surface area contributed by atoms with Crippen LogP contribution >= 0.6 is 22.6 Å². The van der Waals surface area contributed by atoms with E-state index >= 15 is 0 Å². The Morgan fingerprint density at radius 2 is 2.00 bits per heavy atom. The highest BCUT2D eigenvalue weighted by atomic mass is 127. The van der Waals surface area contributed by atoms with Crippen LogP contribution in [0.3, 0.4) is 0 Å². The van der Waals surface area contributed by atoms with Gasteiger partial charge in [0.25, 0.3) is 0 Å². The van der Waals surface area contributed by atoms with E-state index in [0.29, 0.717) is 35.4 Å². The first-order chi connectivity index (χ1) is 9.08. The van der Waals surface area contributed by atoms with Crippen molar-refractivity contribution >= 4 is 40.1 Å². The average molecular weight is 377 g/mol. The van der Waals surface area contributed by atoms with Gasteiger partial charge in [0.1, 0.15) is 5.82 Å². The van der Waals surface area contributed by atoms with Crippen molar-refractivity contribution in [3.63, 3.8) is 0 Å². The predicted molar refractivity (Wildman–Crippen MR) is 77.2 cm³/mol. The van der Waals surface area contributed by atoms with E-state index < -0.39 is 11.8 Å². The number of halogens is 2. The molecule has 0 aromatic heterocycles. The van der Waals surface area contributed by atoms with E-state index in [1.807, 2.05) is 22.6 Å². The van der Waals surface area contributed by atoms with Gasteiger partial charge in [0, 0.05) is 29.7 Å². The highest BCUT2D eigenvalue weighted by Crippen LogP contribution is 2.19. The zero-order valence-electron chi connectivity index (χ0n) is 10.1. The van der Waals surface area contributed by atoms with Gasteiger partial charge in [-0.2, -0.15) is 0 Å². The molecule has 1 aliphatic heterocycles. The first-order valence-electron chi connectivity index (χ1n) is 5.84. The Morgan fingerprint density at radius 3 is 2.63 bits per heavy atom. The van der Waals surface area contributed by atoms with Crippen molar-refractivity contribution in [2.45, 2.75) is 0 Å². The van der Waals surface area contributed by atoms with Crippen LogP contribution < -0.4 is 10.6 Å². The van der Waals surface area contributed by atoms with Crippen LogP contribution in [0.1, 0.15) is 0 Å². The number of carbonyl (C=O) groups excluding carboxylic acids is 2. The molecule has 0 spiro atoms. The van der Waals surface area contributed by atoms with E-state index in [-0.39, 0.29) is 5.82 Å². The second-order valence-electron chi connectivity index (χ2n) is 4.12. The number of carbonyl (C=O) groups is 2. The summed E-state index contributed by atoms with van der Waals surface area (Å²) in [7, 11) is 0. The molecule has 1 heterocycles. The lowest BCUT2D eigenvalue weighted by molar-refractivity contribution is -0.143. The number of benzene rings is 1. The van der Waals surface area contributed by atoms with E-state index in [1.165, 1.54) is 23.1 Å². The molecule has 1 saturated heterocycles. The Morgan fingerprint density at radius 1 is 1.32 bits per heavy atom. The third-order valence-electron chi connectivity index (χ3n) is 2.78. The van der Waals surface area contributed by atoms with Crippen molar-refractivity contribution in [3.05, 3.63) is 27.6 Å². The van der Waals surface area contributed by atoms with Gasteiger partial charge in [0.2, 0.25) is 0 Å². The van der Waals surface area contributed by atoms with Gasteiger partial charge in [-0.15, -0.1) is 0 Å². The van der Waals surface area contributed by atoms with Crippen LogP contribution in [0.2, 0.25) is 0 Å². The minimum Gasteiger partial charge on any atom is -0.332 e. The molecule has 7 heteroatoms. The molecule has 102 valence electrons. The molecular weight excluding hydrogens is 364 g/mol. The van der Waals surface area contributed by atoms with Gasteiger partial charge < -0.3 is 15.5 Å². The molecule has 0 saturated carbocycles. The quantitative estimate of drug-likeness (QED) is 0.563. The third kappa shape index (κ3) is 3.63. The van der Waals surface area contributed by atoms with Gasteiger partial charge >= 0.3 is 11.8 Å². The van der Waals surface area contributed by atoms with Crippen LogP contribution in [0.25, 0.3) is 0 Å². The van der Waals surface area contributed by atoms with Gasteiger partial charge in [-0.25, -0.2) is 4.39 Å². The first kappa shape index (κ1) is 14.2. The van der Waals surface area contributed by atoms with Crippen LogP contribution in [0.4, 0.5) is 10.1 Å². The number of hydrogen-bond donors (Lipinski definition) is 2. The summed E-state index contributed by atoms with van der Waals surface area (Å²) in [4.78, 5) is 25.2. The molecule has 2 N–H and O–H groups in total. The fourth-order valence-electron chi connectivity index (χ4n) is 1.78. The molecule has 0 unspecified atom stereocenters. The van der Waals surface area contributed by atoms with E-state index in [2.05, 4.69) is 10.6 Å². The highest BCUT2D eigenvalue weighted by Gasteiger charge is 2.23.